The van der Waals surface area contributed by atoms with Crippen molar-refractivity contribution in [2.75, 3.05) is 31.6 Å². The second-order valence-electron chi connectivity index (χ2n) is 7.04. The monoisotopic (exact) mass is 518 g/mol. The highest BCUT2D eigenvalue weighted by Gasteiger charge is 2.25. The molecule has 0 saturated heterocycles. The number of nitrogens with zero attached hydrogens (tertiary/aromatic N) is 1. The number of aliphatic imine (C=N–C) groups is 1. The smallest absolute Gasteiger partial charge is 0.246 e. The van der Waals surface area contributed by atoms with E-state index in [0.29, 0.717) is 23.7 Å². The van der Waals surface area contributed by atoms with Crippen LogP contribution < -0.4 is 16.0 Å². The maximum Gasteiger partial charge on any atom is 0.246 e. The molecule has 1 saturated carbocycles. The standard InChI is InChI=1S/C21H34N4O3.HI/c1-3-22-21(23-14-13-19(28-4-2)16-7-5-6-8-16)24-15-20(27)25-17-9-11-18(26)12-10-17;/h9-12,16,19,26H,3-8,13-15H2,1-2H3,(H,25,27)(H2,22,23,24);1H. The number of benzene rings is 1. The van der Waals surface area contributed by atoms with Crippen molar-refractivity contribution in [1.29, 1.82) is 0 Å². The van der Waals surface area contributed by atoms with Gasteiger partial charge >= 0.3 is 0 Å². The van der Waals surface area contributed by atoms with Crippen LogP contribution in [0.15, 0.2) is 29.3 Å². The number of nitrogens with one attached hydrogen (secondary N) is 3. The van der Waals surface area contributed by atoms with Crippen LogP contribution in [0.4, 0.5) is 5.69 Å². The molecule has 0 aromatic heterocycles. The Morgan fingerprint density at radius 3 is 2.52 bits per heavy atom. The van der Waals surface area contributed by atoms with E-state index < -0.39 is 0 Å². The summed E-state index contributed by atoms with van der Waals surface area (Å²) in [6, 6.07) is 6.36. The van der Waals surface area contributed by atoms with E-state index in [9.17, 15) is 9.90 Å². The van der Waals surface area contributed by atoms with Gasteiger partial charge in [-0.05, 0) is 63.3 Å². The molecular weight excluding hydrogens is 483 g/mol. The molecule has 0 bridgehead atoms. The third-order valence-electron chi connectivity index (χ3n) is 4.90. The van der Waals surface area contributed by atoms with Crippen molar-refractivity contribution in [2.45, 2.75) is 52.1 Å². The van der Waals surface area contributed by atoms with Crippen molar-refractivity contribution < 1.29 is 14.6 Å². The molecule has 2 rings (SSSR count). The minimum absolute atomic E-state index is 0. The summed E-state index contributed by atoms with van der Waals surface area (Å²) in [5.41, 5.74) is 0.632. The number of halogens is 1. The normalized spacial score (nSPS) is 15.4. The molecule has 1 atom stereocenters. The average molecular weight is 518 g/mol. The van der Waals surface area contributed by atoms with Crippen LogP contribution in [0, 0.1) is 5.92 Å². The predicted octanol–water partition coefficient (Wildman–Crippen LogP) is 3.49. The van der Waals surface area contributed by atoms with E-state index >= 15 is 0 Å². The quantitative estimate of drug-likeness (QED) is 0.165. The van der Waals surface area contributed by atoms with Gasteiger partial charge in [-0.3, -0.25) is 4.79 Å². The van der Waals surface area contributed by atoms with Crippen molar-refractivity contribution in [2.24, 2.45) is 10.9 Å². The van der Waals surface area contributed by atoms with E-state index in [0.717, 1.165) is 26.1 Å². The Hall–Kier alpha value is -1.55. The maximum absolute atomic E-state index is 12.1. The van der Waals surface area contributed by atoms with E-state index in [1.54, 1.807) is 12.1 Å². The van der Waals surface area contributed by atoms with Crippen LogP contribution in [0.1, 0.15) is 46.0 Å². The Balaban J connectivity index is 0.00000420. The lowest BCUT2D eigenvalue weighted by atomic mass is 9.98. The van der Waals surface area contributed by atoms with Crippen LogP contribution in [0.5, 0.6) is 5.75 Å². The third-order valence-corrected chi connectivity index (χ3v) is 4.90. The Bertz CT molecular complexity index is 619. The molecule has 1 fully saturated rings. The molecule has 1 aromatic carbocycles. The second kappa shape index (κ2) is 14.4. The van der Waals surface area contributed by atoms with Gasteiger partial charge in [0.15, 0.2) is 5.96 Å². The molecule has 164 valence electrons. The summed E-state index contributed by atoms with van der Waals surface area (Å²) in [5.74, 6) is 1.25. The predicted molar refractivity (Wildman–Crippen MR) is 128 cm³/mol. The molecule has 8 heteroatoms. The van der Waals surface area contributed by atoms with Gasteiger partial charge in [-0.25, -0.2) is 4.99 Å². The fraction of sp³-hybridized carbons (Fsp3) is 0.619. The SMILES string of the molecule is CCNC(=NCC(=O)Nc1ccc(O)cc1)NCCC(OCC)C1CCCC1.I. The Kier molecular flexibility index (Phi) is 12.7. The number of rotatable bonds is 10. The van der Waals surface area contributed by atoms with Gasteiger partial charge in [0, 0.05) is 25.4 Å². The summed E-state index contributed by atoms with van der Waals surface area (Å²) in [7, 11) is 0. The topological polar surface area (TPSA) is 95.0 Å². The lowest BCUT2D eigenvalue weighted by molar-refractivity contribution is -0.114. The van der Waals surface area contributed by atoms with E-state index in [-0.39, 0.29) is 42.2 Å². The first kappa shape index (κ1) is 25.5. The number of phenols is 1. The first-order valence-corrected chi connectivity index (χ1v) is 10.3. The lowest BCUT2D eigenvalue weighted by Crippen LogP contribution is -2.40. The van der Waals surface area contributed by atoms with Crippen LogP contribution in [-0.2, 0) is 9.53 Å². The summed E-state index contributed by atoms with van der Waals surface area (Å²) < 4.78 is 5.96. The number of guanidine groups is 1. The van der Waals surface area contributed by atoms with Crippen molar-refractivity contribution >= 4 is 41.5 Å². The number of carbonyl (C=O) groups excluding carboxylic acids is 1. The van der Waals surface area contributed by atoms with Crippen molar-refractivity contribution in [1.82, 2.24) is 10.6 Å². The zero-order valence-corrected chi connectivity index (χ0v) is 19.8. The molecule has 4 N–H and O–H groups in total. The van der Waals surface area contributed by atoms with Gasteiger partial charge in [0.2, 0.25) is 5.91 Å². The number of hydrogen-bond donors (Lipinski definition) is 4. The molecule has 7 nitrogen and oxygen atoms in total. The van der Waals surface area contributed by atoms with Gasteiger partial charge in [0.05, 0.1) is 6.10 Å². The first-order chi connectivity index (χ1) is 13.6. The fourth-order valence-corrected chi connectivity index (χ4v) is 3.57. The summed E-state index contributed by atoms with van der Waals surface area (Å²) in [4.78, 5) is 16.5. The van der Waals surface area contributed by atoms with Crippen LogP contribution in [0.2, 0.25) is 0 Å². The van der Waals surface area contributed by atoms with Gasteiger partial charge in [-0.1, -0.05) is 12.8 Å². The van der Waals surface area contributed by atoms with E-state index in [1.165, 1.54) is 37.8 Å². The van der Waals surface area contributed by atoms with Gasteiger partial charge in [0.25, 0.3) is 0 Å². The Morgan fingerprint density at radius 1 is 1.21 bits per heavy atom. The highest BCUT2D eigenvalue weighted by molar-refractivity contribution is 14.0. The van der Waals surface area contributed by atoms with Gasteiger partial charge in [0.1, 0.15) is 12.3 Å². The van der Waals surface area contributed by atoms with Gasteiger partial charge in [-0.15, -0.1) is 24.0 Å². The molecule has 0 spiro atoms. The number of ether oxygens (including phenoxy) is 1. The van der Waals surface area contributed by atoms with Crippen LogP contribution in [0.25, 0.3) is 0 Å². The molecule has 1 aliphatic rings. The van der Waals surface area contributed by atoms with Crippen molar-refractivity contribution in [3.8, 4) is 5.75 Å². The Labute approximate surface area is 191 Å². The van der Waals surface area contributed by atoms with E-state index in [4.69, 9.17) is 4.74 Å². The molecule has 0 heterocycles. The molecule has 1 aromatic rings. The van der Waals surface area contributed by atoms with Gasteiger partial charge < -0.3 is 25.8 Å². The number of aromatic hydroxyl groups is 1. The zero-order chi connectivity index (χ0) is 20.2. The van der Waals surface area contributed by atoms with E-state index in [1.807, 2.05) is 13.8 Å². The first-order valence-electron chi connectivity index (χ1n) is 10.3. The van der Waals surface area contributed by atoms with Crippen molar-refractivity contribution in [3.05, 3.63) is 24.3 Å². The summed E-state index contributed by atoms with van der Waals surface area (Å²) in [5, 5.41) is 18.5. The summed E-state index contributed by atoms with van der Waals surface area (Å²) in [6.45, 7) is 6.29. The highest BCUT2D eigenvalue weighted by Crippen LogP contribution is 2.30. The van der Waals surface area contributed by atoms with Crippen LogP contribution in [-0.4, -0.2) is 49.3 Å². The maximum atomic E-state index is 12.1. The molecular formula is C21H35IN4O3. The summed E-state index contributed by atoms with van der Waals surface area (Å²) >= 11 is 0. The van der Waals surface area contributed by atoms with Gasteiger partial charge in [-0.2, -0.15) is 0 Å². The third kappa shape index (κ3) is 9.66. The molecule has 29 heavy (non-hydrogen) atoms. The molecule has 0 radical (unpaired) electrons. The molecule has 1 amide bonds. The Morgan fingerprint density at radius 2 is 1.90 bits per heavy atom. The number of phenolic OH excluding ortho intramolecular Hbond substituents is 1. The number of amides is 1. The van der Waals surface area contributed by atoms with Crippen LogP contribution >= 0.6 is 24.0 Å². The van der Waals surface area contributed by atoms with Crippen molar-refractivity contribution in [3.63, 3.8) is 0 Å². The summed E-state index contributed by atoms with van der Waals surface area (Å²) in [6.07, 6.45) is 6.36. The number of carbonyl (C=O) groups is 1. The van der Waals surface area contributed by atoms with E-state index in [2.05, 4.69) is 20.9 Å². The average Bonchev–Trinajstić information content (AvgIpc) is 3.22. The molecule has 1 aliphatic carbocycles. The lowest BCUT2D eigenvalue weighted by Gasteiger charge is -2.24. The fourth-order valence-electron chi connectivity index (χ4n) is 3.57. The largest absolute Gasteiger partial charge is 0.508 e. The van der Waals surface area contributed by atoms with Crippen LogP contribution in [0.3, 0.4) is 0 Å². The highest BCUT2D eigenvalue weighted by atomic mass is 127. The number of hydrogen-bond acceptors (Lipinski definition) is 4. The minimum atomic E-state index is -0.207. The molecule has 1 unspecified atom stereocenters. The number of anilines is 1. The minimum Gasteiger partial charge on any atom is -0.508 e. The second-order valence-corrected chi connectivity index (χ2v) is 7.04. The zero-order valence-electron chi connectivity index (χ0n) is 17.4. The molecule has 0 aliphatic heterocycles.